The SMILES string of the molecule is O=C(c1ccc([N+](=O)[O-])c(F)c1)N1CCCC1. The highest BCUT2D eigenvalue weighted by Gasteiger charge is 2.22. The third kappa shape index (κ3) is 2.25. The quantitative estimate of drug-likeness (QED) is 0.584. The number of nitro benzene ring substituents is 1. The van der Waals surface area contributed by atoms with Gasteiger partial charge >= 0.3 is 5.69 Å². The van der Waals surface area contributed by atoms with Gasteiger partial charge in [0.1, 0.15) is 0 Å². The summed E-state index contributed by atoms with van der Waals surface area (Å²) in [6.07, 6.45) is 1.89. The van der Waals surface area contributed by atoms with Crippen LogP contribution >= 0.6 is 0 Å². The molecule has 1 amide bonds. The Labute approximate surface area is 97.0 Å². The highest BCUT2D eigenvalue weighted by atomic mass is 19.1. The zero-order valence-electron chi connectivity index (χ0n) is 9.06. The number of benzene rings is 1. The summed E-state index contributed by atoms with van der Waals surface area (Å²) in [6.45, 7) is 1.33. The van der Waals surface area contributed by atoms with Crippen molar-refractivity contribution in [2.75, 3.05) is 13.1 Å². The molecule has 1 fully saturated rings. The zero-order chi connectivity index (χ0) is 12.4. The van der Waals surface area contributed by atoms with Gasteiger partial charge in [0.2, 0.25) is 5.82 Å². The third-order valence-electron chi connectivity index (χ3n) is 2.78. The second kappa shape index (κ2) is 4.48. The van der Waals surface area contributed by atoms with E-state index in [0.717, 1.165) is 25.0 Å². The number of rotatable bonds is 2. The summed E-state index contributed by atoms with van der Waals surface area (Å²) in [5, 5.41) is 10.4. The summed E-state index contributed by atoms with van der Waals surface area (Å²) in [5.41, 5.74) is -0.446. The molecular formula is C11H11FN2O3. The fourth-order valence-corrected chi connectivity index (χ4v) is 1.89. The van der Waals surface area contributed by atoms with Crippen molar-refractivity contribution in [1.82, 2.24) is 4.90 Å². The van der Waals surface area contributed by atoms with E-state index < -0.39 is 16.4 Å². The first-order valence-corrected chi connectivity index (χ1v) is 5.33. The standard InChI is InChI=1S/C11H11FN2O3/c12-9-7-8(3-4-10(9)14(16)17)11(15)13-5-1-2-6-13/h3-4,7H,1-2,5-6H2. The highest BCUT2D eigenvalue weighted by Crippen LogP contribution is 2.20. The van der Waals surface area contributed by atoms with E-state index in [1.165, 1.54) is 6.07 Å². The normalized spacial score (nSPS) is 15.0. The Bertz CT molecular complexity index is 470. The summed E-state index contributed by atoms with van der Waals surface area (Å²) >= 11 is 0. The fourth-order valence-electron chi connectivity index (χ4n) is 1.89. The highest BCUT2D eigenvalue weighted by molar-refractivity contribution is 5.94. The number of carbonyl (C=O) groups is 1. The van der Waals surface area contributed by atoms with E-state index >= 15 is 0 Å². The Kier molecular flexibility index (Phi) is 3.03. The summed E-state index contributed by atoms with van der Waals surface area (Å²) in [4.78, 5) is 23.1. The van der Waals surface area contributed by atoms with Crippen LogP contribution in [0, 0.1) is 15.9 Å². The van der Waals surface area contributed by atoms with E-state index in [9.17, 15) is 19.3 Å². The Balaban J connectivity index is 2.25. The van der Waals surface area contributed by atoms with E-state index in [4.69, 9.17) is 0 Å². The smallest absolute Gasteiger partial charge is 0.304 e. The van der Waals surface area contributed by atoms with Crippen LogP contribution < -0.4 is 0 Å². The average Bonchev–Trinajstić information content (AvgIpc) is 2.80. The van der Waals surface area contributed by atoms with Gasteiger partial charge in [-0.05, 0) is 25.0 Å². The van der Waals surface area contributed by atoms with Gasteiger partial charge in [0.05, 0.1) is 4.92 Å². The molecule has 1 aromatic carbocycles. The molecule has 0 aliphatic carbocycles. The topological polar surface area (TPSA) is 63.4 Å². The van der Waals surface area contributed by atoms with Crippen LogP contribution in [-0.4, -0.2) is 28.8 Å². The minimum Gasteiger partial charge on any atom is -0.339 e. The zero-order valence-corrected chi connectivity index (χ0v) is 9.06. The Hall–Kier alpha value is -1.98. The molecule has 0 atom stereocenters. The molecule has 0 N–H and O–H groups in total. The summed E-state index contributed by atoms with van der Waals surface area (Å²) in [5.74, 6) is -1.24. The molecule has 0 bridgehead atoms. The molecule has 2 rings (SSSR count). The van der Waals surface area contributed by atoms with Gasteiger partial charge in [0.25, 0.3) is 5.91 Å². The van der Waals surface area contributed by atoms with Crippen LogP contribution in [-0.2, 0) is 0 Å². The predicted molar refractivity (Wildman–Crippen MR) is 58.2 cm³/mol. The molecular weight excluding hydrogens is 227 g/mol. The van der Waals surface area contributed by atoms with Crippen LogP contribution in [0.25, 0.3) is 0 Å². The van der Waals surface area contributed by atoms with Gasteiger partial charge in [-0.2, -0.15) is 4.39 Å². The van der Waals surface area contributed by atoms with Crippen LogP contribution in [0.4, 0.5) is 10.1 Å². The molecule has 0 unspecified atom stereocenters. The van der Waals surface area contributed by atoms with Gasteiger partial charge in [0, 0.05) is 24.7 Å². The van der Waals surface area contributed by atoms with Crippen LogP contribution in [0.3, 0.4) is 0 Å². The molecule has 0 aromatic heterocycles. The number of nitro groups is 1. The van der Waals surface area contributed by atoms with Crippen molar-refractivity contribution in [3.8, 4) is 0 Å². The molecule has 1 aromatic rings. The van der Waals surface area contributed by atoms with Crippen LogP contribution in [0.15, 0.2) is 18.2 Å². The second-order valence-corrected chi connectivity index (χ2v) is 3.92. The molecule has 17 heavy (non-hydrogen) atoms. The molecule has 1 aliphatic heterocycles. The lowest BCUT2D eigenvalue weighted by atomic mass is 10.1. The molecule has 1 heterocycles. The second-order valence-electron chi connectivity index (χ2n) is 3.92. The largest absolute Gasteiger partial charge is 0.339 e. The van der Waals surface area contributed by atoms with Crippen molar-refractivity contribution < 1.29 is 14.1 Å². The van der Waals surface area contributed by atoms with Gasteiger partial charge in [0.15, 0.2) is 0 Å². The lowest BCUT2D eigenvalue weighted by Gasteiger charge is -2.14. The molecule has 0 saturated carbocycles. The van der Waals surface area contributed by atoms with Crippen LogP contribution in [0.2, 0.25) is 0 Å². The maximum Gasteiger partial charge on any atom is 0.304 e. The molecule has 90 valence electrons. The van der Waals surface area contributed by atoms with Crippen molar-refractivity contribution in [1.29, 1.82) is 0 Å². The first-order chi connectivity index (χ1) is 8.09. The summed E-state index contributed by atoms with van der Waals surface area (Å²) in [7, 11) is 0. The summed E-state index contributed by atoms with van der Waals surface area (Å²) < 4.78 is 13.3. The van der Waals surface area contributed by atoms with E-state index in [0.29, 0.717) is 13.1 Å². The minimum atomic E-state index is -0.972. The first kappa shape index (κ1) is 11.5. The van der Waals surface area contributed by atoms with Crippen molar-refractivity contribution >= 4 is 11.6 Å². The van der Waals surface area contributed by atoms with Crippen molar-refractivity contribution in [2.45, 2.75) is 12.8 Å². The lowest BCUT2D eigenvalue weighted by Crippen LogP contribution is -2.27. The number of hydrogen-bond acceptors (Lipinski definition) is 3. The molecule has 5 nitrogen and oxygen atoms in total. The van der Waals surface area contributed by atoms with Crippen molar-refractivity contribution in [3.05, 3.63) is 39.7 Å². The number of halogens is 1. The number of carbonyl (C=O) groups excluding carboxylic acids is 1. The van der Waals surface area contributed by atoms with Crippen LogP contribution in [0.1, 0.15) is 23.2 Å². The monoisotopic (exact) mass is 238 g/mol. The van der Waals surface area contributed by atoms with E-state index in [2.05, 4.69) is 0 Å². The average molecular weight is 238 g/mol. The summed E-state index contributed by atoms with van der Waals surface area (Å²) in [6, 6.07) is 3.25. The number of likely N-dealkylation sites (tertiary alicyclic amines) is 1. The molecule has 0 radical (unpaired) electrons. The van der Waals surface area contributed by atoms with E-state index in [1.54, 1.807) is 4.90 Å². The molecule has 1 saturated heterocycles. The Morgan fingerprint density at radius 2 is 2.00 bits per heavy atom. The number of hydrogen-bond donors (Lipinski definition) is 0. The third-order valence-corrected chi connectivity index (χ3v) is 2.78. The van der Waals surface area contributed by atoms with Gasteiger partial charge in [-0.15, -0.1) is 0 Å². The van der Waals surface area contributed by atoms with Gasteiger partial charge in [-0.1, -0.05) is 0 Å². The maximum absolute atomic E-state index is 13.3. The first-order valence-electron chi connectivity index (χ1n) is 5.33. The molecule has 1 aliphatic rings. The molecule has 0 spiro atoms. The van der Waals surface area contributed by atoms with E-state index in [1.807, 2.05) is 0 Å². The van der Waals surface area contributed by atoms with Crippen molar-refractivity contribution in [2.24, 2.45) is 0 Å². The minimum absolute atomic E-state index is 0.162. The van der Waals surface area contributed by atoms with Crippen molar-refractivity contribution in [3.63, 3.8) is 0 Å². The van der Waals surface area contributed by atoms with Gasteiger partial charge in [-0.3, -0.25) is 14.9 Å². The Morgan fingerprint density at radius 3 is 2.53 bits per heavy atom. The Morgan fingerprint density at radius 1 is 1.35 bits per heavy atom. The van der Waals surface area contributed by atoms with Crippen LogP contribution in [0.5, 0.6) is 0 Å². The van der Waals surface area contributed by atoms with Gasteiger partial charge < -0.3 is 4.90 Å². The number of nitrogens with zero attached hydrogens (tertiary/aromatic N) is 2. The fraction of sp³-hybridized carbons (Fsp3) is 0.364. The predicted octanol–water partition coefficient (Wildman–Crippen LogP) is 1.97. The van der Waals surface area contributed by atoms with Gasteiger partial charge in [-0.25, -0.2) is 0 Å². The number of amides is 1. The molecule has 6 heteroatoms. The lowest BCUT2D eigenvalue weighted by molar-refractivity contribution is -0.387. The van der Waals surface area contributed by atoms with E-state index in [-0.39, 0.29) is 11.5 Å². The maximum atomic E-state index is 13.3.